The Balaban J connectivity index is 1.60. The zero-order chi connectivity index (χ0) is 16.7. The van der Waals surface area contributed by atoms with Gasteiger partial charge in [0.1, 0.15) is 0 Å². The molecule has 0 saturated heterocycles. The third-order valence-electron chi connectivity index (χ3n) is 4.81. The second-order valence-electron chi connectivity index (χ2n) is 6.43. The Bertz CT molecular complexity index is 902. The highest BCUT2D eigenvalue weighted by Gasteiger charge is 2.33. The Hall–Kier alpha value is -2.69. The fourth-order valence-corrected chi connectivity index (χ4v) is 3.41. The molecule has 1 amide bonds. The molecular weight excluding hydrogens is 302 g/mol. The lowest BCUT2D eigenvalue weighted by Gasteiger charge is -2.37. The number of fused-ring (bicyclic) bond motifs is 1. The second-order valence-corrected chi connectivity index (χ2v) is 6.43. The van der Waals surface area contributed by atoms with Crippen LogP contribution < -0.4 is 5.32 Å². The number of carbonyl (C=O) groups is 1. The van der Waals surface area contributed by atoms with Crippen LogP contribution in [0.3, 0.4) is 0 Å². The van der Waals surface area contributed by atoms with E-state index in [0.717, 1.165) is 18.5 Å². The van der Waals surface area contributed by atoms with Crippen LogP contribution in [0.2, 0.25) is 0 Å². The molecule has 0 aliphatic heterocycles. The number of hydrogen-bond donors (Lipinski definition) is 1. The van der Waals surface area contributed by atoms with Crippen molar-refractivity contribution in [3.63, 3.8) is 0 Å². The van der Waals surface area contributed by atoms with Gasteiger partial charge in [-0.1, -0.05) is 35.5 Å². The molecule has 1 saturated carbocycles. The van der Waals surface area contributed by atoms with E-state index in [4.69, 9.17) is 4.52 Å². The molecule has 1 N–H and O–H groups in total. The van der Waals surface area contributed by atoms with E-state index in [1.54, 1.807) is 6.07 Å². The van der Waals surface area contributed by atoms with E-state index >= 15 is 0 Å². The molecule has 2 heterocycles. The molecule has 2 unspecified atom stereocenters. The summed E-state index contributed by atoms with van der Waals surface area (Å²) in [5, 5.41) is 7.82. The first-order chi connectivity index (χ1) is 11.6. The number of aromatic nitrogens is 2. The third kappa shape index (κ3) is 2.46. The summed E-state index contributed by atoms with van der Waals surface area (Å²) in [6.07, 6.45) is 2.10. The summed E-state index contributed by atoms with van der Waals surface area (Å²) in [6.45, 7) is 3.68. The number of rotatable bonds is 3. The Kier molecular flexibility index (Phi) is 3.56. The number of hydrogen-bond acceptors (Lipinski definition) is 4. The molecule has 122 valence electrons. The highest BCUT2D eigenvalue weighted by molar-refractivity contribution is 6.06. The van der Waals surface area contributed by atoms with Crippen molar-refractivity contribution in [2.75, 3.05) is 0 Å². The van der Waals surface area contributed by atoms with Gasteiger partial charge in [-0.2, -0.15) is 0 Å². The number of aryl methyl sites for hydroxylation is 2. The predicted molar refractivity (Wildman–Crippen MR) is 90.9 cm³/mol. The zero-order valence-electron chi connectivity index (χ0n) is 13.7. The van der Waals surface area contributed by atoms with E-state index in [1.807, 2.05) is 32.0 Å². The van der Waals surface area contributed by atoms with Gasteiger partial charge in [0, 0.05) is 17.7 Å². The molecule has 5 heteroatoms. The van der Waals surface area contributed by atoms with Crippen molar-refractivity contribution in [3.05, 3.63) is 58.9 Å². The van der Waals surface area contributed by atoms with Crippen molar-refractivity contribution < 1.29 is 9.32 Å². The Morgan fingerprint density at radius 3 is 2.71 bits per heavy atom. The van der Waals surface area contributed by atoms with Gasteiger partial charge in [-0.15, -0.1) is 0 Å². The molecule has 0 spiro atoms. The van der Waals surface area contributed by atoms with Crippen molar-refractivity contribution in [2.24, 2.45) is 0 Å². The maximum Gasteiger partial charge on any atom is 0.258 e. The van der Waals surface area contributed by atoms with E-state index in [2.05, 4.69) is 27.6 Å². The number of nitrogens with zero attached hydrogens (tertiary/aromatic N) is 2. The maximum atomic E-state index is 12.8. The van der Waals surface area contributed by atoms with Crippen molar-refractivity contribution >= 4 is 17.0 Å². The predicted octanol–water partition coefficient (Wildman–Crippen LogP) is 3.52. The fraction of sp³-hybridized carbons (Fsp3) is 0.316. The van der Waals surface area contributed by atoms with Crippen LogP contribution in [-0.2, 0) is 0 Å². The van der Waals surface area contributed by atoms with Crippen LogP contribution >= 0.6 is 0 Å². The number of carbonyl (C=O) groups excluding carboxylic acids is 1. The molecule has 0 bridgehead atoms. The largest absolute Gasteiger partial charge is 0.349 e. The SMILES string of the molecule is Cc1cc(C(=O)NC2CCC2c2ccccc2)c2c(C)noc2n1. The van der Waals surface area contributed by atoms with Gasteiger partial charge >= 0.3 is 0 Å². The fourth-order valence-electron chi connectivity index (χ4n) is 3.41. The van der Waals surface area contributed by atoms with Crippen LogP contribution in [-0.4, -0.2) is 22.1 Å². The Morgan fingerprint density at radius 2 is 2.00 bits per heavy atom. The Labute approximate surface area is 140 Å². The summed E-state index contributed by atoms with van der Waals surface area (Å²) in [6, 6.07) is 12.3. The van der Waals surface area contributed by atoms with Gasteiger partial charge in [0.25, 0.3) is 11.6 Å². The molecule has 1 aliphatic rings. The highest BCUT2D eigenvalue weighted by atomic mass is 16.5. The molecule has 0 radical (unpaired) electrons. The van der Waals surface area contributed by atoms with Crippen LogP contribution in [0.15, 0.2) is 40.9 Å². The van der Waals surface area contributed by atoms with E-state index in [0.29, 0.717) is 28.3 Å². The van der Waals surface area contributed by atoms with Crippen molar-refractivity contribution in [2.45, 2.75) is 38.6 Å². The minimum atomic E-state index is -0.0811. The number of amides is 1. The van der Waals surface area contributed by atoms with E-state index < -0.39 is 0 Å². The summed E-state index contributed by atoms with van der Waals surface area (Å²) in [7, 11) is 0. The zero-order valence-corrected chi connectivity index (χ0v) is 13.7. The monoisotopic (exact) mass is 321 g/mol. The topological polar surface area (TPSA) is 68.0 Å². The third-order valence-corrected chi connectivity index (χ3v) is 4.81. The molecule has 5 nitrogen and oxygen atoms in total. The van der Waals surface area contributed by atoms with Gasteiger partial charge < -0.3 is 9.84 Å². The quantitative estimate of drug-likeness (QED) is 0.801. The van der Waals surface area contributed by atoms with Crippen LogP contribution in [0.5, 0.6) is 0 Å². The molecule has 1 aliphatic carbocycles. The van der Waals surface area contributed by atoms with Crippen LogP contribution in [0, 0.1) is 13.8 Å². The van der Waals surface area contributed by atoms with Crippen LogP contribution in [0.1, 0.15) is 46.1 Å². The first-order valence-electron chi connectivity index (χ1n) is 8.23. The van der Waals surface area contributed by atoms with Crippen LogP contribution in [0.25, 0.3) is 11.1 Å². The van der Waals surface area contributed by atoms with E-state index in [9.17, 15) is 4.79 Å². The minimum Gasteiger partial charge on any atom is -0.349 e. The average Bonchev–Trinajstić information content (AvgIpc) is 2.92. The van der Waals surface area contributed by atoms with E-state index in [-0.39, 0.29) is 11.9 Å². The van der Waals surface area contributed by atoms with Crippen molar-refractivity contribution in [3.8, 4) is 0 Å². The molecule has 1 aromatic carbocycles. The summed E-state index contributed by atoms with van der Waals surface area (Å²) in [5.74, 6) is 0.305. The molecule has 2 atom stereocenters. The molecule has 1 fully saturated rings. The molecule has 24 heavy (non-hydrogen) atoms. The standard InChI is InChI=1S/C19H19N3O2/c1-11-10-15(17-12(2)22-24-19(17)20-11)18(23)21-16-9-8-14(16)13-6-4-3-5-7-13/h3-7,10,14,16H,8-9H2,1-2H3,(H,21,23). The van der Waals surface area contributed by atoms with Gasteiger partial charge in [0.15, 0.2) is 0 Å². The summed E-state index contributed by atoms with van der Waals surface area (Å²) < 4.78 is 5.21. The molecule has 4 rings (SSSR count). The minimum absolute atomic E-state index is 0.0811. The van der Waals surface area contributed by atoms with Gasteiger partial charge in [0.2, 0.25) is 0 Å². The van der Waals surface area contributed by atoms with Crippen LogP contribution in [0.4, 0.5) is 0 Å². The molecule has 3 aromatic rings. The Morgan fingerprint density at radius 1 is 1.21 bits per heavy atom. The number of benzene rings is 1. The van der Waals surface area contributed by atoms with Gasteiger partial charge in [-0.05, 0) is 38.3 Å². The van der Waals surface area contributed by atoms with Crippen molar-refractivity contribution in [1.82, 2.24) is 15.5 Å². The first-order valence-corrected chi connectivity index (χ1v) is 8.23. The maximum absolute atomic E-state index is 12.8. The summed E-state index contributed by atoms with van der Waals surface area (Å²) in [5.41, 5.74) is 3.74. The number of pyridine rings is 1. The lowest BCUT2D eigenvalue weighted by Crippen LogP contribution is -2.45. The van der Waals surface area contributed by atoms with Gasteiger partial charge in [-0.25, -0.2) is 4.98 Å². The number of nitrogens with one attached hydrogen (secondary N) is 1. The van der Waals surface area contributed by atoms with Gasteiger partial charge in [-0.3, -0.25) is 4.79 Å². The second kappa shape index (κ2) is 5.74. The van der Waals surface area contributed by atoms with Crippen molar-refractivity contribution in [1.29, 1.82) is 0 Å². The summed E-state index contributed by atoms with van der Waals surface area (Å²) in [4.78, 5) is 17.1. The molecule has 2 aromatic heterocycles. The smallest absolute Gasteiger partial charge is 0.258 e. The highest BCUT2D eigenvalue weighted by Crippen LogP contribution is 2.37. The lowest BCUT2D eigenvalue weighted by molar-refractivity contribution is 0.0906. The normalized spacial score (nSPS) is 19.9. The first kappa shape index (κ1) is 14.9. The lowest BCUT2D eigenvalue weighted by atomic mass is 9.75. The van der Waals surface area contributed by atoms with Gasteiger partial charge in [0.05, 0.1) is 16.6 Å². The molecular formula is C19H19N3O2. The summed E-state index contributed by atoms with van der Waals surface area (Å²) >= 11 is 0. The average molecular weight is 321 g/mol. The van der Waals surface area contributed by atoms with E-state index in [1.165, 1.54) is 5.56 Å².